The quantitative estimate of drug-likeness (QED) is 0.406. The number of ether oxygens (including phenoxy) is 2. The predicted molar refractivity (Wildman–Crippen MR) is 108 cm³/mol. The third kappa shape index (κ3) is 4.27. The Morgan fingerprint density at radius 1 is 0.893 bits per heavy atom. The number of rotatable bonds is 5. The number of nitrogens with zero attached hydrogens (tertiary/aromatic N) is 1. The first-order valence-electron chi connectivity index (χ1n) is 8.46. The van der Waals surface area contributed by atoms with Crippen LogP contribution in [0.1, 0.15) is 5.56 Å². The molecule has 0 heterocycles. The summed E-state index contributed by atoms with van der Waals surface area (Å²) < 4.78 is 10.3. The summed E-state index contributed by atoms with van der Waals surface area (Å²) in [5, 5.41) is 8.43. The SMILES string of the molecule is COc1ccc(NC(=O)C(=O)N/N=C\c2cccc3ccccc23)cc1OC. The third-order valence-corrected chi connectivity index (χ3v) is 4.04. The van der Waals surface area contributed by atoms with E-state index in [4.69, 9.17) is 9.47 Å². The largest absolute Gasteiger partial charge is 0.493 e. The first-order valence-corrected chi connectivity index (χ1v) is 8.46. The molecule has 3 aromatic rings. The molecule has 0 saturated carbocycles. The highest BCUT2D eigenvalue weighted by Crippen LogP contribution is 2.29. The van der Waals surface area contributed by atoms with Gasteiger partial charge in [-0.05, 0) is 22.9 Å². The fourth-order valence-corrected chi connectivity index (χ4v) is 2.68. The van der Waals surface area contributed by atoms with Gasteiger partial charge in [0, 0.05) is 17.3 Å². The monoisotopic (exact) mass is 377 g/mol. The maximum absolute atomic E-state index is 12.1. The average molecular weight is 377 g/mol. The molecular weight excluding hydrogens is 358 g/mol. The van der Waals surface area contributed by atoms with Crippen molar-refractivity contribution in [3.8, 4) is 11.5 Å². The lowest BCUT2D eigenvalue weighted by Gasteiger charge is -2.10. The smallest absolute Gasteiger partial charge is 0.329 e. The van der Waals surface area contributed by atoms with Gasteiger partial charge < -0.3 is 14.8 Å². The van der Waals surface area contributed by atoms with E-state index < -0.39 is 11.8 Å². The van der Waals surface area contributed by atoms with Crippen LogP contribution < -0.4 is 20.2 Å². The normalized spacial score (nSPS) is 10.6. The second-order valence-electron chi connectivity index (χ2n) is 5.79. The third-order valence-electron chi connectivity index (χ3n) is 4.04. The van der Waals surface area contributed by atoms with E-state index in [-0.39, 0.29) is 0 Å². The van der Waals surface area contributed by atoms with Crippen LogP contribution in [0.5, 0.6) is 11.5 Å². The zero-order valence-electron chi connectivity index (χ0n) is 15.4. The Bertz CT molecular complexity index is 1040. The standard InChI is InChI=1S/C21H19N3O4/c1-27-18-11-10-16(12-19(18)28-2)23-20(25)21(26)24-22-13-15-8-5-7-14-6-3-4-9-17(14)15/h3-13H,1-2H3,(H,23,25)(H,24,26)/b22-13-. The molecule has 0 radical (unpaired) electrons. The number of benzene rings is 3. The fraction of sp³-hybridized carbons (Fsp3) is 0.0952. The maximum Gasteiger partial charge on any atom is 0.329 e. The van der Waals surface area contributed by atoms with Crippen LogP contribution in [0.2, 0.25) is 0 Å². The molecule has 0 fully saturated rings. The van der Waals surface area contributed by atoms with Gasteiger partial charge in [-0.25, -0.2) is 5.43 Å². The minimum absolute atomic E-state index is 0.399. The molecule has 2 N–H and O–H groups in total. The Labute approximate surface area is 162 Å². The van der Waals surface area contributed by atoms with E-state index in [1.54, 1.807) is 18.2 Å². The molecule has 0 aromatic heterocycles. The summed E-state index contributed by atoms with van der Waals surface area (Å²) in [6.07, 6.45) is 1.50. The van der Waals surface area contributed by atoms with Gasteiger partial charge in [-0.15, -0.1) is 0 Å². The Kier molecular flexibility index (Phi) is 5.86. The molecule has 0 saturated heterocycles. The maximum atomic E-state index is 12.1. The molecule has 0 bridgehead atoms. The van der Waals surface area contributed by atoms with Crippen LogP contribution in [0.3, 0.4) is 0 Å². The topological polar surface area (TPSA) is 89.0 Å². The van der Waals surface area contributed by atoms with Crippen LogP contribution in [-0.2, 0) is 9.59 Å². The Morgan fingerprint density at radius 3 is 2.43 bits per heavy atom. The Morgan fingerprint density at radius 2 is 1.64 bits per heavy atom. The first kappa shape index (κ1) is 18.9. The van der Waals surface area contributed by atoms with Gasteiger partial charge in [-0.3, -0.25) is 9.59 Å². The van der Waals surface area contributed by atoms with Crippen LogP contribution in [-0.4, -0.2) is 32.2 Å². The van der Waals surface area contributed by atoms with E-state index in [2.05, 4.69) is 15.8 Å². The molecule has 3 aromatic carbocycles. The van der Waals surface area contributed by atoms with Crippen LogP contribution in [0.4, 0.5) is 5.69 Å². The summed E-state index contributed by atoms with van der Waals surface area (Å²) in [5.74, 6) is -0.770. The summed E-state index contributed by atoms with van der Waals surface area (Å²) in [4.78, 5) is 24.0. The van der Waals surface area contributed by atoms with Crippen molar-refractivity contribution in [2.75, 3.05) is 19.5 Å². The lowest BCUT2D eigenvalue weighted by molar-refractivity contribution is -0.136. The van der Waals surface area contributed by atoms with Crippen molar-refractivity contribution >= 4 is 34.5 Å². The van der Waals surface area contributed by atoms with Crippen molar-refractivity contribution in [3.05, 3.63) is 66.2 Å². The van der Waals surface area contributed by atoms with Gasteiger partial charge in [-0.1, -0.05) is 42.5 Å². The number of hydrogen-bond donors (Lipinski definition) is 2. The summed E-state index contributed by atoms with van der Waals surface area (Å²) in [7, 11) is 3.00. The lowest BCUT2D eigenvalue weighted by Crippen LogP contribution is -2.32. The van der Waals surface area contributed by atoms with E-state index in [0.717, 1.165) is 16.3 Å². The molecule has 142 valence electrons. The summed E-state index contributed by atoms with van der Waals surface area (Å²) in [6.45, 7) is 0. The molecule has 7 heteroatoms. The van der Waals surface area contributed by atoms with Crippen molar-refractivity contribution in [1.29, 1.82) is 0 Å². The fourth-order valence-electron chi connectivity index (χ4n) is 2.68. The molecule has 0 aliphatic rings. The van der Waals surface area contributed by atoms with E-state index in [0.29, 0.717) is 17.2 Å². The van der Waals surface area contributed by atoms with Crippen LogP contribution in [0, 0.1) is 0 Å². The number of fused-ring (bicyclic) bond motifs is 1. The second kappa shape index (κ2) is 8.68. The molecule has 0 spiro atoms. The Balaban J connectivity index is 1.64. The van der Waals surface area contributed by atoms with Gasteiger partial charge in [0.25, 0.3) is 0 Å². The van der Waals surface area contributed by atoms with Crippen molar-refractivity contribution in [3.63, 3.8) is 0 Å². The molecule has 7 nitrogen and oxygen atoms in total. The van der Waals surface area contributed by atoms with Gasteiger partial charge in [0.1, 0.15) is 0 Å². The molecule has 2 amide bonds. The number of methoxy groups -OCH3 is 2. The highest BCUT2D eigenvalue weighted by molar-refractivity contribution is 6.39. The number of carbonyl (C=O) groups excluding carboxylic acids is 2. The van der Waals surface area contributed by atoms with Crippen LogP contribution in [0.25, 0.3) is 10.8 Å². The first-order chi connectivity index (χ1) is 13.6. The van der Waals surface area contributed by atoms with Gasteiger partial charge in [0.05, 0.1) is 20.4 Å². The van der Waals surface area contributed by atoms with Crippen LogP contribution >= 0.6 is 0 Å². The molecular formula is C21H19N3O4. The van der Waals surface area contributed by atoms with Crippen molar-refractivity contribution in [2.24, 2.45) is 5.10 Å². The van der Waals surface area contributed by atoms with E-state index in [1.807, 2.05) is 42.5 Å². The lowest BCUT2D eigenvalue weighted by atomic mass is 10.1. The predicted octanol–water partition coefficient (Wildman–Crippen LogP) is 2.95. The second-order valence-corrected chi connectivity index (χ2v) is 5.79. The van der Waals surface area contributed by atoms with Crippen LogP contribution in [0.15, 0.2) is 65.8 Å². The summed E-state index contributed by atoms with van der Waals surface area (Å²) >= 11 is 0. The molecule has 28 heavy (non-hydrogen) atoms. The van der Waals surface area contributed by atoms with Gasteiger partial charge in [-0.2, -0.15) is 5.10 Å². The van der Waals surface area contributed by atoms with E-state index >= 15 is 0 Å². The molecule has 0 atom stereocenters. The zero-order chi connectivity index (χ0) is 19.9. The number of carbonyl (C=O) groups is 2. The average Bonchev–Trinajstić information content (AvgIpc) is 2.73. The van der Waals surface area contributed by atoms with Gasteiger partial charge in [0.2, 0.25) is 0 Å². The molecule has 0 aliphatic carbocycles. The summed E-state index contributed by atoms with van der Waals surface area (Å²) in [5.41, 5.74) is 3.46. The highest BCUT2D eigenvalue weighted by Gasteiger charge is 2.14. The molecule has 0 aliphatic heterocycles. The highest BCUT2D eigenvalue weighted by atomic mass is 16.5. The molecule has 3 rings (SSSR count). The number of amides is 2. The van der Waals surface area contributed by atoms with Crippen molar-refractivity contribution in [2.45, 2.75) is 0 Å². The minimum Gasteiger partial charge on any atom is -0.493 e. The summed E-state index contributed by atoms with van der Waals surface area (Å²) in [6, 6.07) is 18.4. The number of hydrogen-bond acceptors (Lipinski definition) is 5. The zero-order valence-corrected chi connectivity index (χ0v) is 15.4. The van der Waals surface area contributed by atoms with Gasteiger partial charge >= 0.3 is 11.8 Å². The number of hydrazone groups is 1. The number of nitrogens with one attached hydrogen (secondary N) is 2. The number of anilines is 1. The van der Waals surface area contributed by atoms with Gasteiger partial charge in [0.15, 0.2) is 11.5 Å². The Hall–Kier alpha value is -3.87. The minimum atomic E-state index is -0.883. The van der Waals surface area contributed by atoms with Crippen molar-refractivity contribution < 1.29 is 19.1 Å². The molecule has 0 unspecified atom stereocenters. The van der Waals surface area contributed by atoms with Crippen molar-refractivity contribution in [1.82, 2.24) is 5.43 Å². The van der Waals surface area contributed by atoms with E-state index in [9.17, 15) is 9.59 Å². The van der Waals surface area contributed by atoms with E-state index in [1.165, 1.54) is 20.4 Å².